The quantitative estimate of drug-likeness (QED) is 0.398. The first-order valence-electron chi connectivity index (χ1n) is 11.3. The number of esters is 1. The number of thioether (sulfide) groups is 1. The Morgan fingerprint density at radius 1 is 1.26 bits per heavy atom. The van der Waals surface area contributed by atoms with E-state index in [2.05, 4.69) is 11.6 Å². The molecule has 0 bridgehead atoms. The van der Waals surface area contributed by atoms with Gasteiger partial charge in [0.2, 0.25) is 5.91 Å². The summed E-state index contributed by atoms with van der Waals surface area (Å²) >= 11 is 1.42. The topological polar surface area (TPSA) is 89.9 Å². The highest BCUT2D eigenvalue weighted by Crippen LogP contribution is 2.48. The van der Waals surface area contributed by atoms with Gasteiger partial charge in [0.1, 0.15) is 6.61 Å². The van der Waals surface area contributed by atoms with E-state index < -0.39 is 12.0 Å². The molecule has 3 heterocycles. The maximum absolute atomic E-state index is 13.3. The van der Waals surface area contributed by atoms with E-state index in [9.17, 15) is 9.59 Å². The van der Waals surface area contributed by atoms with Crippen LogP contribution in [0.25, 0.3) is 0 Å². The van der Waals surface area contributed by atoms with E-state index in [-0.39, 0.29) is 18.9 Å². The Morgan fingerprint density at radius 2 is 2.03 bits per heavy atom. The average Bonchev–Trinajstić information content (AvgIpc) is 3.27. The number of hydrogen-bond donors (Lipinski definition) is 0. The van der Waals surface area contributed by atoms with Gasteiger partial charge in [-0.3, -0.25) is 4.79 Å². The Bertz CT molecular complexity index is 1110. The molecule has 1 aromatic carbocycles. The Labute approximate surface area is 209 Å². The highest BCUT2D eigenvalue weighted by atomic mass is 32.2. The Hall–Kier alpha value is -3.24. The van der Waals surface area contributed by atoms with Crippen molar-refractivity contribution in [3.05, 3.63) is 58.8 Å². The first kappa shape index (κ1) is 24.9. The van der Waals surface area contributed by atoms with Crippen molar-refractivity contribution in [2.45, 2.75) is 19.4 Å². The van der Waals surface area contributed by atoms with Gasteiger partial charge < -0.3 is 28.7 Å². The third kappa shape index (κ3) is 4.94. The van der Waals surface area contributed by atoms with Crippen LogP contribution in [0.2, 0.25) is 0 Å². The van der Waals surface area contributed by atoms with Crippen molar-refractivity contribution in [1.29, 1.82) is 0 Å². The number of rotatable bonds is 8. The second kappa shape index (κ2) is 11.0. The maximum atomic E-state index is 13.3. The molecule has 1 fully saturated rings. The minimum Gasteiger partial charge on any atom is -0.493 e. The number of fused-ring (bicyclic) bond motifs is 1. The molecule has 0 N–H and O–H groups in total. The van der Waals surface area contributed by atoms with Crippen molar-refractivity contribution in [3.63, 3.8) is 0 Å². The fraction of sp³-hybridized carbons (Fsp3) is 0.400. The SMILES string of the molecule is C=CCOC(=O)C1=C(C)N=C2SC=C(CC(=O)N3CCOCC3)N2[C@H]1c1cccc(OC)c1OC. The van der Waals surface area contributed by atoms with Crippen LogP contribution in [0.1, 0.15) is 24.9 Å². The van der Waals surface area contributed by atoms with Crippen LogP contribution in [0.15, 0.2) is 58.2 Å². The summed E-state index contributed by atoms with van der Waals surface area (Å²) < 4.78 is 22.1. The Balaban J connectivity index is 1.77. The lowest BCUT2D eigenvalue weighted by Crippen LogP contribution is -2.42. The molecule has 0 saturated carbocycles. The first-order chi connectivity index (χ1) is 17.0. The number of aliphatic imine (C=N–C) groups is 1. The van der Waals surface area contributed by atoms with Crippen molar-refractivity contribution < 1.29 is 28.5 Å². The summed E-state index contributed by atoms with van der Waals surface area (Å²) in [6, 6.07) is 4.90. The predicted octanol–water partition coefficient (Wildman–Crippen LogP) is 3.26. The number of para-hydroxylation sites is 1. The smallest absolute Gasteiger partial charge is 0.338 e. The van der Waals surface area contributed by atoms with Gasteiger partial charge in [-0.1, -0.05) is 36.5 Å². The van der Waals surface area contributed by atoms with Crippen LogP contribution in [0.4, 0.5) is 0 Å². The summed E-state index contributed by atoms with van der Waals surface area (Å²) in [5.74, 6) is 0.529. The van der Waals surface area contributed by atoms with E-state index in [1.807, 2.05) is 22.4 Å². The molecule has 10 heteroatoms. The number of allylic oxidation sites excluding steroid dienone is 1. The van der Waals surface area contributed by atoms with Crippen LogP contribution in [-0.2, 0) is 19.1 Å². The zero-order valence-electron chi connectivity index (χ0n) is 20.1. The molecular formula is C25H29N3O6S. The van der Waals surface area contributed by atoms with Gasteiger partial charge in [0.15, 0.2) is 16.7 Å². The van der Waals surface area contributed by atoms with Crippen LogP contribution in [-0.4, -0.2) is 74.0 Å². The minimum atomic E-state index is -0.622. The number of nitrogens with zero attached hydrogens (tertiary/aromatic N) is 3. The number of methoxy groups -OCH3 is 2. The zero-order valence-corrected chi connectivity index (χ0v) is 20.9. The average molecular weight is 500 g/mol. The van der Waals surface area contributed by atoms with E-state index in [0.29, 0.717) is 59.8 Å². The van der Waals surface area contributed by atoms with Gasteiger partial charge in [0.25, 0.3) is 0 Å². The number of hydrogen-bond acceptors (Lipinski definition) is 9. The molecule has 1 aromatic rings. The molecule has 35 heavy (non-hydrogen) atoms. The van der Waals surface area contributed by atoms with E-state index in [1.54, 1.807) is 32.1 Å². The first-order valence-corrected chi connectivity index (χ1v) is 12.2. The molecule has 9 nitrogen and oxygen atoms in total. The predicted molar refractivity (Wildman–Crippen MR) is 133 cm³/mol. The van der Waals surface area contributed by atoms with Crippen molar-refractivity contribution in [1.82, 2.24) is 9.80 Å². The Kier molecular flexibility index (Phi) is 7.82. The van der Waals surface area contributed by atoms with Crippen molar-refractivity contribution in [3.8, 4) is 11.5 Å². The second-order valence-electron chi connectivity index (χ2n) is 8.03. The minimum absolute atomic E-state index is 0.000170. The lowest BCUT2D eigenvalue weighted by atomic mass is 9.92. The van der Waals surface area contributed by atoms with Gasteiger partial charge in [-0.2, -0.15) is 0 Å². The second-order valence-corrected chi connectivity index (χ2v) is 8.87. The van der Waals surface area contributed by atoms with E-state index >= 15 is 0 Å². The van der Waals surface area contributed by atoms with Crippen molar-refractivity contribution >= 4 is 28.8 Å². The van der Waals surface area contributed by atoms with Crippen molar-refractivity contribution in [2.75, 3.05) is 47.1 Å². The molecule has 0 radical (unpaired) electrons. The van der Waals surface area contributed by atoms with E-state index in [4.69, 9.17) is 18.9 Å². The number of amides is 1. The normalized spacial score (nSPS) is 19.6. The number of morpholine rings is 1. The molecule has 3 aliphatic rings. The van der Waals surface area contributed by atoms with E-state index in [1.165, 1.54) is 17.8 Å². The van der Waals surface area contributed by atoms with Crippen LogP contribution in [0.3, 0.4) is 0 Å². The molecule has 186 valence electrons. The molecule has 0 spiro atoms. The summed E-state index contributed by atoms with van der Waals surface area (Å²) in [5, 5.41) is 2.60. The third-order valence-electron chi connectivity index (χ3n) is 5.98. The number of benzene rings is 1. The molecule has 1 saturated heterocycles. The summed E-state index contributed by atoms with van der Waals surface area (Å²) in [5.41, 5.74) is 2.37. The molecule has 1 amide bonds. The van der Waals surface area contributed by atoms with Gasteiger partial charge in [0, 0.05) is 24.4 Å². The summed E-state index contributed by atoms with van der Waals surface area (Å²) in [4.78, 5) is 34.8. The summed E-state index contributed by atoms with van der Waals surface area (Å²) in [6.07, 6.45) is 1.69. The number of amidine groups is 1. The van der Waals surface area contributed by atoms with Gasteiger partial charge in [0.05, 0.1) is 51.2 Å². The van der Waals surface area contributed by atoms with Gasteiger partial charge >= 0.3 is 5.97 Å². The summed E-state index contributed by atoms with van der Waals surface area (Å²) in [6.45, 7) is 7.67. The summed E-state index contributed by atoms with van der Waals surface area (Å²) in [7, 11) is 3.12. The largest absolute Gasteiger partial charge is 0.493 e. The maximum Gasteiger partial charge on any atom is 0.338 e. The fourth-order valence-electron chi connectivity index (χ4n) is 4.34. The van der Waals surface area contributed by atoms with Crippen LogP contribution in [0.5, 0.6) is 11.5 Å². The zero-order chi connectivity index (χ0) is 24.9. The molecular weight excluding hydrogens is 470 g/mol. The van der Waals surface area contributed by atoms with Gasteiger partial charge in [-0.05, 0) is 18.4 Å². The third-order valence-corrected chi connectivity index (χ3v) is 6.87. The highest BCUT2D eigenvalue weighted by Gasteiger charge is 2.43. The molecule has 0 aliphatic carbocycles. The fourth-order valence-corrected chi connectivity index (χ4v) is 5.31. The number of carbonyl (C=O) groups excluding carboxylic acids is 2. The van der Waals surface area contributed by atoms with Gasteiger partial charge in [-0.15, -0.1) is 0 Å². The van der Waals surface area contributed by atoms with Crippen LogP contribution in [0, 0.1) is 0 Å². The molecule has 3 aliphatic heterocycles. The van der Waals surface area contributed by atoms with Crippen LogP contribution >= 0.6 is 11.8 Å². The van der Waals surface area contributed by atoms with Crippen molar-refractivity contribution in [2.24, 2.45) is 4.99 Å². The molecule has 0 unspecified atom stereocenters. The highest BCUT2D eigenvalue weighted by molar-refractivity contribution is 8.16. The molecule has 4 rings (SSSR count). The van der Waals surface area contributed by atoms with E-state index in [0.717, 1.165) is 5.70 Å². The molecule has 0 aromatic heterocycles. The van der Waals surface area contributed by atoms with Gasteiger partial charge in [-0.25, -0.2) is 9.79 Å². The lowest BCUT2D eigenvalue weighted by Gasteiger charge is -2.37. The standard InChI is InChI=1S/C25H29N3O6S/c1-5-11-34-24(30)21-16(2)26-25-28(22(21)18-7-6-8-19(31-3)23(18)32-4)17(15-35-25)14-20(29)27-9-12-33-13-10-27/h5-8,15,22H,1,9-14H2,2-4H3/t22-/m0/s1. The number of ether oxygens (including phenoxy) is 4. The monoisotopic (exact) mass is 499 g/mol. The Morgan fingerprint density at radius 3 is 2.71 bits per heavy atom. The molecule has 1 atom stereocenters. The number of carbonyl (C=O) groups is 2. The lowest BCUT2D eigenvalue weighted by molar-refractivity contribution is -0.138. The van der Waals surface area contributed by atoms with Crippen LogP contribution < -0.4 is 9.47 Å².